The maximum atomic E-state index is 13.7. The first kappa shape index (κ1) is 13.7. The molecule has 0 saturated heterocycles. The number of aromatic nitrogens is 1. The molecule has 0 radical (unpaired) electrons. The highest BCUT2D eigenvalue weighted by Crippen LogP contribution is 2.28. The zero-order chi connectivity index (χ0) is 14.0. The van der Waals surface area contributed by atoms with Crippen molar-refractivity contribution in [2.24, 2.45) is 0 Å². The van der Waals surface area contributed by atoms with Gasteiger partial charge in [0.1, 0.15) is 5.82 Å². The maximum Gasteiger partial charge on any atom is 0.373 e. The third-order valence-corrected chi connectivity index (χ3v) is 3.03. The highest BCUT2D eigenvalue weighted by molar-refractivity contribution is 9.10. The van der Waals surface area contributed by atoms with Crippen LogP contribution in [0.1, 0.15) is 29.6 Å². The molecule has 0 fully saturated rings. The number of aryl methyl sites for hydroxylation is 1. The Hall–Kier alpha value is -1.69. The summed E-state index contributed by atoms with van der Waals surface area (Å²) in [5.74, 6) is -1.95. The van der Waals surface area contributed by atoms with Crippen molar-refractivity contribution in [2.75, 3.05) is 0 Å². The number of carboxylic acids is 1. The van der Waals surface area contributed by atoms with Crippen LogP contribution in [0.2, 0.25) is 0 Å². The minimum atomic E-state index is -1.20. The number of carboxylic acid groups (broad SMARTS) is 1. The van der Waals surface area contributed by atoms with E-state index in [4.69, 9.17) is 9.52 Å². The van der Waals surface area contributed by atoms with Crippen LogP contribution in [-0.2, 0) is 6.42 Å². The highest BCUT2D eigenvalue weighted by atomic mass is 79.9. The molecule has 0 aliphatic rings. The van der Waals surface area contributed by atoms with E-state index in [-0.39, 0.29) is 17.2 Å². The second-order valence-electron chi connectivity index (χ2n) is 3.97. The number of hydrogen-bond donors (Lipinski definition) is 1. The third kappa shape index (κ3) is 2.84. The molecule has 0 amide bonds. The SMILES string of the molecule is CCCc1nc(-c2cc(Br)ccc2F)oc1C(=O)O. The van der Waals surface area contributed by atoms with E-state index in [0.717, 1.165) is 6.42 Å². The molecule has 2 rings (SSSR count). The molecule has 0 aliphatic carbocycles. The first-order valence-electron chi connectivity index (χ1n) is 5.71. The summed E-state index contributed by atoms with van der Waals surface area (Å²) in [4.78, 5) is 15.1. The number of rotatable bonds is 4. The molecule has 2 aromatic rings. The van der Waals surface area contributed by atoms with Gasteiger partial charge in [0.25, 0.3) is 0 Å². The summed E-state index contributed by atoms with van der Waals surface area (Å²) in [6.45, 7) is 1.90. The standard InChI is InChI=1S/C13H11BrFNO3/c1-2-3-10-11(13(17)18)19-12(16-10)8-6-7(14)4-5-9(8)15/h4-6H,2-3H2,1H3,(H,17,18). The fourth-order valence-corrected chi connectivity index (χ4v) is 2.06. The predicted molar refractivity (Wildman–Crippen MR) is 70.6 cm³/mol. The fourth-order valence-electron chi connectivity index (χ4n) is 1.70. The molecule has 1 aromatic heterocycles. The van der Waals surface area contributed by atoms with E-state index >= 15 is 0 Å². The Morgan fingerprint density at radius 3 is 2.89 bits per heavy atom. The van der Waals surface area contributed by atoms with Crippen LogP contribution in [0, 0.1) is 5.82 Å². The summed E-state index contributed by atoms with van der Waals surface area (Å²) < 4.78 is 19.6. The van der Waals surface area contributed by atoms with Crippen molar-refractivity contribution < 1.29 is 18.7 Å². The minimum Gasteiger partial charge on any atom is -0.475 e. The summed E-state index contributed by atoms with van der Waals surface area (Å²) in [5.41, 5.74) is 0.476. The number of oxazole rings is 1. The summed E-state index contributed by atoms with van der Waals surface area (Å²) in [6.07, 6.45) is 1.20. The second kappa shape index (κ2) is 5.52. The van der Waals surface area contributed by atoms with Crippen molar-refractivity contribution in [2.45, 2.75) is 19.8 Å². The van der Waals surface area contributed by atoms with Crippen LogP contribution in [-0.4, -0.2) is 16.1 Å². The minimum absolute atomic E-state index is 0.0142. The van der Waals surface area contributed by atoms with Gasteiger partial charge in [0.15, 0.2) is 0 Å². The Morgan fingerprint density at radius 1 is 1.53 bits per heavy atom. The summed E-state index contributed by atoms with van der Waals surface area (Å²) in [7, 11) is 0. The first-order valence-corrected chi connectivity index (χ1v) is 6.50. The van der Waals surface area contributed by atoms with E-state index in [1.165, 1.54) is 12.1 Å². The van der Waals surface area contributed by atoms with E-state index in [1.54, 1.807) is 6.07 Å². The van der Waals surface area contributed by atoms with Crippen molar-refractivity contribution in [3.8, 4) is 11.5 Å². The molecule has 0 bridgehead atoms. The maximum absolute atomic E-state index is 13.7. The van der Waals surface area contributed by atoms with E-state index < -0.39 is 11.8 Å². The van der Waals surface area contributed by atoms with E-state index in [1.807, 2.05) is 6.92 Å². The topological polar surface area (TPSA) is 63.3 Å². The summed E-state index contributed by atoms with van der Waals surface area (Å²) in [6, 6.07) is 4.32. The van der Waals surface area contributed by atoms with E-state index in [0.29, 0.717) is 16.6 Å². The average Bonchev–Trinajstić information content (AvgIpc) is 2.77. The number of hydrogen-bond acceptors (Lipinski definition) is 3. The molecule has 1 heterocycles. The van der Waals surface area contributed by atoms with Gasteiger partial charge in [-0.25, -0.2) is 14.2 Å². The van der Waals surface area contributed by atoms with Crippen LogP contribution in [0.4, 0.5) is 4.39 Å². The van der Waals surface area contributed by atoms with E-state index in [2.05, 4.69) is 20.9 Å². The number of halogens is 2. The smallest absolute Gasteiger partial charge is 0.373 e. The first-order chi connectivity index (χ1) is 9.02. The second-order valence-corrected chi connectivity index (χ2v) is 4.89. The quantitative estimate of drug-likeness (QED) is 0.925. The zero-order valence-electron chi connectivity index (χ0n) is 10.1. The lowest BCUT2D eigenvalue weighted by atomic mass is 10.2. The van der Waals surface area contributed by atoms with Gasteiger partial charge in [-0.3, -0.25) is 0 Å². The monoisotopic (exact) mass is 327 g/mol. The molecule has 0 atom stereocenters. The van der Waals surface area contributed by atoms with Crippen LogP contribution < -0.4 is 0 Å². The van der Waals surface area contributed by atoms with Crippen LogP contribution in [0.15, 0.2) is 27.1 Å². The molecule has 0 spiro atoms. The van der Waals surface area contributed by atoms with Gasteiger partial charge >= 0.3 is 5.97 Å². The Bertz CT molecular complexity index is 624. The molecule has 4 nitrogen and oxygen atoms in total. The van der Waals surface area contributed by atoms with Gasteiger partial charge in [0.05, 0.1) is 11.3 Å². The Morgan fingerprint density at radius 2 is 2.26 bits per heavy atom. The fraction of sp³-hybridized carbons (Fsp3) is 0.231. The Balaban J connectivity index is 2.53. The van der Waals surface area contributed by atoms with Crippen molar-refractivity contribution in [1.29, 1.82) is 0 Å². The van der Waals surface area contributed by atoms with Crippen molar-refractivity contribution in [3.05, 3.63) is 39.9 Å². The highest BCUT2D eigenvalue weighted by Gasteiger charge is 2.21. The van der Waals surface area contributed by atoms with Gasteiger partial charge in [-0.15, -0.1) is 0 Å². The molecule has 0 saturated carbocycles. The van der Waals surface area contributed by atoms with Gasteiger partial charge in [-0.2, -0.15) is 0 Å². The molecule has 6 heteroatoms. The van der Waals surface area contributed by atoms with Crippen LogP contribution in [0.3, 0.4) is 0 Å². The summed E-state index contributed by atoms with van der Waals surface area (Å²) in [5, 5.41) is 9.04. The predicted octanol–water partition coefficient (Wildman–Crippen LogP) is 3.89. The van der Waals surface area contributed by atoms with Crippen LogP contribution >= 0.6 is 15.9 Å². The van der Waals surface area contributed by atoms with Gasteiger partial charge in [-0.05, 0) is 24.6 Å². The Kier molecular flexibility index (Phi) is 3.99. The Labute approximate surface area is 117 Å². The molecule has 19 heavy (non-hydrogen) atoms. The molecule has 0 aliphatic heterocycles. The molecule has 1 N–H and O–H groups in total. The molecular formula is C13H11BrFNO3. The van der Waals surface area contributed by atoms with Gasteiger partial charge in [0, 0.05) is 4.47 Å². The lowest BCUT2D eigenvalue weighted by Gasteiger charge is -1.98. The van der Waals surface area contributed by atoms with E-state index in [9.17, 15) is 9.18 Å². The molecule has 100 valence electrons. The number of benzene rings is 1. The normalized spacial score (nSPS) is 10.7. The van der Waals surface area contributed by atoms with Gasteiger partial charge in [0.2, 0.25) is 11.7 Å². The largest absolute Gasteiger partial charge is 0.475 e. The number of carbonyl (C=O) groups is 1. The number of nitrogens with zero attached hydrogens (tertiary/aromatic N) is 1. The third-order valence-electron chi connectivity index (χ3n) is 2.54. The van der Waals surface area contributed by atoms with Gasteiger partial charge < -0.3 is 9.52 Å². The lowest BCUT2D eigenvalue weighted by Crippen LogP contribution is -1.99. The summed E-state index contributed by atoms with van der Waals surface area (Å²) >= 11 is 3.23. The van der Waals surface area contributed by atoms with Crippen LogP contribution in [0.5, 0.6) is 0 Å². The molecule has 0 unspecified atom stereocenters. The van der Waals surface area contributed by atoms with Crippen molar-refractivity contribution in [1.82, 2.24) is 4.98 Å². The molecular weight excluding hydrogens is 317 g/mol. The average molecular weight is 328 g/mol. The van der Waals surface area contributed by atoms with Crippen LogP contribution in [0.25, 0.3) is 11.5 Å². The van der Waals surface area contributed by atoms with Gasteiger partial charge in [-0.1, -0.05) is 29.3 Å². The lowest BCUT2D eigenvalue weighted by molar-refractivity contribution is 0.0661. The molecule has 1 aromatic carbocycles. The zero-order valence-corrected chi connectivity index (χ0v) is 11.7. The van der Waals surface area contributed by atoms with Crippen molar-refractivity contribution in [3.63, 3.8) is 0 Å². The number of aromatic carboxylic acids is 1. The van der Waals surface area contributed by atoms with Crippen molar-refractivity contribution >= 4 is 21.9 Å².